The van der Waals surface area contributed by atoms with Crippen LogP contribution in [-0.2, 0) is 17.5 Å². The summed E-state index contributed by atoms with van der Waals surface area (Å²) in [4.78, 5) is 21.3. The Bertz CT molecular complexity index is 474. The first-order valence-electron chi connectivity index (χ1n) is 5.18. The van der Waals surface area contributed by atoms with E-state index in [-0.39, 0.29) is 12.1 Å². The van der Waals surface area contributed by atoms with Crippen LogP contribution >= 0.6 is 0 Å². The number of rotatable bonds is 4. The van der Waals surface area contributed by atoms with Crippen LogP contribution in [0.5, 0.6) is 0 Å². The van der Waals surface area contributed by atoms with E-state index in [1.54, 1.807) is 0 Å². The van der Waals surface area contributed by atoms with E-state index in [2.05, 4.69) is 5.32 Å². The fourth-order valence-corrected chi connectivity index (χ4v) is 1.26. The van der Waals surface area contributed by atoms with Crippen LogP contribution in [-0.4, -0.2) is 23.7 Å². The van der Waals surface area contributed by atoms with E-state index in [4.69, 9.17) is 5.11 Å². The smallest absolute Gasteiger partial charge is 0.416 e. The van der Waals surface area contributed by atoms with Gasteiger partial charge in [-0.05, 0) is 17.7 Å². The van der Waals surface area contributed by atoms with Crippen LogP contribution in [0, 0.1) is 0 Å². The molecule has 0 saturated carbocycles. The Labute approximate surface area is 106 Å². The number of carboxylic acids is 1. The quantitative estimate of drug-likeness (QED) is 0.781. The number of halogens is 3. The molecule has 0 fully saturated rings. The van der Waals surface area contributed by atoms with Gasteiger partial charge in [0.25, 0.3) is 0 Å². The van der Waals surface area contributed by atoms with Gasteiger partial charge in [0.05, 0.1) is 5.56 Å². The number of hydrogen-bond donors (Lipinski definition) is 3. The Morgan fingerprint density at radius 1 is 1.21 bits per heavy atom. The zero-order chi connectivity index (χ0) is 14.5. The molecule has 0 aliphatic carbocycles. The van der Waals surface area contributed by atoms with Gasteiger partial charge in [-0.2, -0.15) is 13.2 Å². The molecule has 0 spiro atoms. The van der Waals surface area contributed by atoms with E-state index in [0.29, 0.717) is 0 Å². The molecule has 5 nitrogen and oxygen atoms in total. The van der Waals surface area contributed by atoms with Gasteiger partial charge in [0.15, 0.2) is 0 Å². The molecule has 0 bridgehead atoms. The van der Waals surface area contributed by atoms with Crippen molar-refractivity contribution in [2.75, 3.05) is 6.54 Å². The summed E-state index contributed by atoms with van der Waals surface area (Å²) in [5.74, 6) is -1.21. The van der Waals surface area contributed by atoms with Gasteiger partial charge in [-0.3, -0.25) is 4.79 Å². The molecule has 0 aromatic heterocycles. The first-order valence-corrected chi connectivity index (χ1v) is 5.18. The normalized spacial score (nSPS) is 10.9. The second-order valence-electron chi connectivity index (χ2n) is 3.63. The maximum absolute atomic E-state index is 12.4. The van der Waals surface area contributed by atoms with Crippen LogP contribution in [0.4, 0.5) is 18.0 Å². The van der Waals surface area contributed by atoms with E-state index in [9.17, 15) is 22.8 Å². The summed E-state index contributed by atoms with van der Waals surface area (Å²) in [5.41, 5.74) is -0.543. The number of carboxylic acid groups (broad SMARTS) is 1. The average Bonchev–Trinajstić information content (AvgIpc) is 2.33. The van der Waals surface area contributed by atoms with Crippen molar-refractivity contribution in [3.05, 3.63) is 35.4 Å². The third-order valence-electron chi connectivity index (χ3n) is 2.11. The van der Waals surface area contributed by atoms with Crippen molar-refractivity contribution in [3.63, 3.8) is 0 Å². The molecular formula is C11H11F3N2O3. The Hall–Kier alpha value is -2.25. The number of amides is 2. The highest BCUT2D eigenvalue weighted by molar-refractivity contribution is 5.79. The van der Waals surface area contributed by atoms with Gasteiger partial charge in [0.1, 0.15) is 6.54 Å². The molecule has 3 N–H and O–H groups in total. The number of aliphatic carboxylic acids is 1. The topological polar surface area (TPSA) is 78.4 Å². The van der Waals surface area contributed by atoms with Gasteiger partial charge in [-0.15, -0.1) is 0 Å². The average molecular weight is 276 g/mol. The zero-order valence-electron chi connectivity index (χ0n) is 9.62. The molecule has 0 aliphatic heterocycles. The second kappa shape index (κ2) is 6.07. The van der Waals surface area contributed by atoms with Crippen molar-refractivity contribution >= 4 is 12.0 Å². The van der Waals surface area contributed by atoms with Gasteiger partial charge >= 0.3 is 18.2 Å². The summed E-state index contributed by atoms with van der Waals surface area (Å²) in [6.07, 6.45) is -4.44. The predicted molar refractivity (Wildman–Crippen MR) is 59.3 cm³/mol. The number of carbonyl (C=O) groups excluding carboxylic acids is 1. The Kier molecular flexibility index (Phi) is 4.74. The predicted octanol–water partition coefficient (Wildman–Crippen LogP) is 1.59. The maximum atomic E-state index is 12.4. The molecule has 19 heavy (non-hydrogen) atoms. The van der Waals surface area contributed by atoms with Crippen molar-refractivity contribution in [3.8, 4) is 0 Å². The number of benzene rings is 1. The monoisotopic (exact) mass is 276 g/mol. The van der Waals surface area contributed by atoms with Crippen molar-refractivity contribution in [1.82, 2.24) is 10.6 Å². The lowest BCUT2D eigenvalue weighted by molar-refractivity contribution is -0.138. The lowest BCUT2D eigenvalue weighted by Gasteiger charge is -2.09. The lowest BCUT2D eigenvalue weighted by Crippen LogP contribution is -2.38. The summed E-state index contributed by atoms with van der Waals surface area (Å²) in [6, 6.07) is 3.73. The van der Waals surface area contributed by atoms with Gasteiger partial charge in [-0.1, -0.05) is 12.1 Å². The molecule has 0 unspecified atom stereocenters. The molecule has 0 aliphatic rings. The van der Waals surface area contributed by atoms with E-state index in [1.165, 1.54) is 12.1 Å². The number of alkyl halides is 3. The van der Waals surface area contributed by atoms with E-state index < -0.39 is 30.3 Å². The highest BCUT2D eigenvalue weighted by Gasteiger charge is 2.30. The second-order valence-corrected chi connectivity index (χ2v) is 3.63. The summed E-state index contributed by atoms with van der Waals surface area (Å²) < 4.78 is 37.2. The molecule has 1 aromatic rings. The van der Waals surface area contributed by atoms with Crippen LogP contribution < -0.4 is 10.6 Å². The van der Waals surface area contributed by atoms with E-state index in [0.717, 1.165) is 12.1 Å². The summed E-state index contributed by atoms with van der Waals surface area (Å²) in [6.45, 7) is -0.691. The molecule has 0 atom stereocenters. The fourth-order valence-electron chi connectivity index (χ4n) is 1.26. The first kappa shape index (κ1) is 14.8. The van der Waals surface area contributed by atoms with Crippen LogP contribution in [0.15, 0.2) is 24.3 Å². The molecule has 0 saturated heterocycles. The summed E-state index contributed by atoms with van der Waals surface area (Å²) in [5, 5.41) is 12.6. The number of nitrogens with one attached hydrogen (secondary N) is 2. The highest BCUT2D eigenvalue weighted by Crippen LogP contribution is 2.29. The first-order chi connectivity index (χ1) is 8.79. The third kappa shape index (κ3) is 5.28. The van der Waals surface area contributed by atoms with E-state index >= 15 is 0 Å². The van der Waals surface area contributed by atoms with Gasteiger partial charge in [0.2, 0.25) is 0 Å². The minimum atomic E-state index is -4.44. The molecule has 1 aromatic carbocycles. The van der Waals surface area contributed by atoms with Crippen LogP contribution in [0.25, 0.3) is 0 Å². The molecular weight excluding hydrogens is 265 g/mol. The van der Waals surface area contributed by atoms with Crippen molar-refractivity contribution in [2.45, 2.75) is 12.7 Å². The maximum Gasteiger partial charge on any atom is 0.416 e. The summed E-state index contributed by atoms with van der Waals surface area (Å²) in [7, 11) is 0. The molecule has 1 rings (SSSR count). The van der Waals surface area contributed by atoms with Crippen molar-refractivity contribution < 1.29 is 27.9 Å². The van der Waals surface area contributed by atoms with Gasteiger partial charge < -0.3 is 15.7 Å². The molecule has 8 heteroatoms. The minimum absolute atomic E-state index is 0.130. The molecule has 104 valence electrons. The highest BCUT2D eigenvalue weighted by atomic mass is 19.4. The molecule has 0 radical (unpaired) electrons. The Morgan fingerprint density at radius 3 is 2.47 bits per heavy atom. The van der Waals surface area contributed by atoms with Crippen LogP contribution in [0.2, 0.25) is 0 Å². The van der Waals surface area contributed by atoms with E-state index in [1.807, 2.05) is 5.32 Å². The largest absolute Gasteiger partial charge is 0.480 e. The zero-order valence-corrected chi connectivity index (χ0v) is 9.62. The Morgan fingerprint density at radius 2 is 1.89 bits per heavy atom. The van der Waals surface area contributed by atoms with Crippen LogP contribution in [0.3, 0.4) is 0 Å². The van der Waals surface area contributed by atoms with Gasteiger partial charge in [0, 0.05) is 6.54 Å². The Balaban J connectivity index is 2.54. The minimum Gasteiger partial charge on any atom is -0.480 e. The standard InChI is InChI=1S/C11H11F3N2O3/c12-11(13,14)8-3-1-2-7(4-8)5-15-10(19)16-6-9(17)18/h1-4H,5-6H2,(H,17,18)(H2,15,16,19). The van der Waals surface area contributed by atoms with Crippen molar-refractivity contribution in [1.29, 1.82) is 0 Å². The number of urea groups is 1. The SMILES string of the molecule is O=C(O)CNC(=O)NCc1cccc(C(F)(F)F)c1. The number of hydrogen-bond acceptors (Lipinski definition) is 2. The summed E-state index contributed by atoms with van der Waals surface area (Å²) >= 11 is 0. The van der Waals surface area contributed by atoms with Crippen LogP contribution in [0.1, 0.15) is 11.1 Å². The fraction of sp³-hybridized carbons (Fsp3) is 0.273. The third-order valence-corrected chi connectivity index (χ3v) is 2.11. The lowest BCUT2D eigenvalue weighted by atomic mass is 10.1. The molecule has 0 heterocycles. The van der Waals surface area contributed by atoms with Gasteiger partial charge in [-0.25, -0.2) is 4.79 Å². The van der Waals surface area contributed by atoms with Crippen molar-refractivity contribution in [2.24, 2.45) is 0 Å². The number of carbonyl (C=O) groups is 2. The molecule has 2 amide bonds.